The predicted octanol–water partition coefficient (Wildman–Crippen LogP) is 15.4. The molecule has 0 spiro atoms. The average molecular weight is 649 g/mol. The van der Waals surface area contributed by atoms with Crippen LogP contribution < -0.4 is 0 Å². The van der Waals surface area contributed by atoms with Crippen LogP contribution >= 0.6 is 22.7 Å². The highest BCUT2D eigenvalue weighted by Gasteiger charge is 2.15. The number of rotatable bonds is 18. The Hall–Kier alpha value is -2.42. The van der Waals surface area contributed by atoms with Crippen molar-refractivity contribution >= 4 is 73.8 Å². The number of aryl methyl sites for hydroxylation is 2. The van der Waals surface area contributed by atoms with Crippen LogP contribution in [0.3, 0.4) is 0 Å². The molecule has 244 valence electrons. The topological polar surface area (TPSA) is 0 Å². The molecule has 0 saturated heterocycles. The van der Waals surface area contributed by atoms with Gasteiger partial charge in [0.25, 0.3) is 0 Å². The van der Waals surface area contributed by atoms with Gasteiger partial charge in [-0.15, -0.1) is 22.7 Å². The second kappa shape index (κ2) is 16.1. The fourth-order valence-corrected chi connectivity index (χ4v) is 10.9. The molecule has 0 N–H and O–H groups in total. The van der Waals surface area contributed by atoms with Crippen molar-refractivity contribution in [3.63, 3.8) is 0 Å². The van der Waals surface area contributed by atoms with Crippen molar-refractivity contribution in [2.45, 2.75) is 130 Å². The number of hydrogen-bond donors (Lipinski definition) is 0. The van der Waals surface area contributed by atoms with Crippen LogP contribution in [0.2, 0.25) is 0 Å². The summed E-state index contributed by atoms with van der Waals surface area (Å²) in [5.74, 6) is 1.87. The summed E-state index contributed by atoms with van der Waals surface area (Å²) >= 11 is 4.01. The fourth-order valence-electron chi connectivity index (χ4n) is 8.30. The molecule has 6 rings (SSSR count). The highest BCUT2D eigenvalue weighted by molar-refractivity contribution is 7.28. The van der Waals surface area contributed by atoms with Gasteiger partial charge in [-0.2, -0.15) is 0 Å². The first-order valence-corrected chi connectivity index (χ1v) is 20.5. The lowest BCUT2D eigenvalue weighted by Gasteiger charge is -2.14. The van der Waals surface area contributed by atoms with Crippen molar-refractivity contribution in [2.75, 3.05) is 0 Å². The van der Waals surface area contributed by atoms with Gasteiger partial charge in [-0.1, -0.05) is 153 Å². The number of thiophene rings is 2. The quantitative estimate of drug-likeness (QED) is 0.0814. The van der Waals surface area contributed by atoms with Gasteiger partial charge in [0, 0.05) is 51.1 Å². The fraction of sp³-hybridized carbons (Fsp3) is 0.500. The standard InChI is InChI=1S/C44H56S2/c1-5-13-31(14-6-2)17-9-11-19-33-21-23-35-37-25-27-40-39(43(37)45-41(35)29-33)28-26-38-36-24-22-34(30-42(36)46-44(38)40)20-12-10-18-32(15-7-3)16-8-4/h21-32H,5-20H2,1-4H3. The summed E-state index contributed by atoms with van der Waals surface area (Å²) in [4.78, 5) is 0. The van der Waals surface area contributed by atoms with E-state index in [1.54, 1.807) is 0 Å². The molecule has 0 aliphatic heterocycles. The minimum Gasteiger partial charge on any atom is -0.135 e. The Morgan fingerprint density at radius 2 is 0.761 bits per heavy atom. The summed E-state index contributed by atoms with van der Waals surface area (Å²) in [6.45, 7) is 9.36. The SMILES string of the molecule is CCCC(CCC)CCCCc1ccc2c(c1)sc1c2ccc2c1ccc1c3ccc(CCCCC(CCC)CCC)cc3sc12. The van der Waals surface area contributed by atoms with Gasteiger partial charge >= 0.3 is 0 Å². The Morgan fingerprint density at radius 3 is 1.13 bits per heavy atom. The van der Waals surface area contributed by atoms with Gasteiger partial charge in [0.1, 0.15) is 0 Å². The zero-order chi connectivity index (χ0) is 31.9. The molecule has 0 bridgehead atoms. The number of unbranched alkanes of at least 4 members (excludes halogenated alkanes) is 2. The summed E-state index contributed by atoms with van der Waals surface area (Å²) in [6.07, 6.45) is 21.5. The van der Waals surface area contributed by atoms with E-state index in [2.05, 4.69) is 88.4 Å². The molecule has 6 aromatic rings. The third-order valence-corrected chi connectivity index (χ3v) is 13.0. The van der Waals surface area contributed by atoms with Gasteiger partial charge in [-0.05, 0) is 60.8 Å². The number of hydrogen-bond acceptors (Lipinski definition) is 2. The van der Waals surface area contributed by atoms with Crippen LogP contribution in [0.5, 0.6) is 0 Å². The maximum atomic E-state index is 2.49. The van der Waals surface area contributed by atoms with Gasteiger partial charge in [-0.3, -0.25) is 0 Å². The molecule has 0 radical (unpaired) electrons. The molecule has 4 aromatic carbocycles. The van der Waals surface area contributed by atoms with E-state index in [0.29, 0.717) is 0 Å². The van der Waals surface area contributed by atoms with Crippen molar-refractivity contribution < 1.29 is 0 Å². The number of benzene rings is 4. The molecule has 0 nitrogen and oxygen atoms in total. The van der Waals surface area contributed by atoms with Crippen molar-refractivity contribution in [3.8, 4) is 0 Å². The van der Waals surface area contributed by atoms with E-state index in [4.69, 9.17) is 0 Å². The zero-order valence-electron chi connectivity index (χ0n) is 29.1. The first-order valence-electron chi connectivity index (χ1n) is 18.8. The molecule has 0 fully saturated rings. The summed E-state index contributed by atoms with van der Waals surface area (Å²) in [5.41, 5.74) is 3.02. The van der Waals surface area contributed by atoms with Crippen LogP contribution in [0.1, 0.15) is 129 Å². The summed E-state index contributed by atoms with van der Waals surface area (Å²) in [7, 11) is 0. The molecule has 2 aromatic heterocycles. The second-order valence-corrected chi connectivity index (χ2v) is 16.3. The van der Waals surface area contributed by atoms with Crippen LogP contribution in [-0.2, 0) is 12.8 Å². The Kier molecular flexibility index (Phi) is 11.7. The summed E-state index contributed by atoms with van der Waals surface area (Å²) in [5, 5.41) is 8.53. The Labute approximate surface area is 286 Å². The lowest BCUT2D eigenvalue weighted by Crippen LogP contribution is -2.00. The molecule has 0 aliphatic carbocycles. The van der Waals surface area contributed by atoms with Crippen molar-refractivity contribution in [3.05, 3.63) is 71.8 Å². The van der Waals surface area contributed by atoms with E-state index in [9.17, 15) is 0 Å². The zero-order valence-corrected chi connectivity index (χ0v) is 30.7. The Morgan fingerprint density at radius 1 is 0.413 bits per heavy atom. The van der Waals surface area contributed by atoms with Gasteiger partial charge in [0.05, 0.1) is 0 Å². The monoisotopic (exact) mass is 648 g/mol. The van der Waals surface area contributed by atoms with Crippen LogP contribution in [-0.4, -0.2) is 0 Å². The smallest absolute Gasteiger partial charge is 0.0434 e. The van der Waals surface area contributed by atoms with Gasteiger partial charge < -0.3 is 0 Å². The first kappa shape index (κ1) is 33.5. The molecule has 0 unspecified atom stereocenters. The minimum atomic E-state index is 0.937. The molecule has 0 saturated carbocycles. The normalized spacial score (nSPS) is 12.4. The van der Waals surface area contributed by atoms with Crippen LogP contribution in [0.15, 0.2) is 60.7 Å². The third-order valence-electron chi connectivity index (χ3n) is 10.6. The highest BCUT2D eigenvalue weighted by Crippen LogP contribution is 2.44. The first-order chi connectivity index (χ1) is 22.6. The predicted molar refractivity (Wildman–Crippen MR) is 211 cm³/mol. The van der Waals surface area contributed by atoms with Crippen LogP contribution in [0, 0.1) is 11.8 Å². The highest BCUT2D eigenvalue weighted by atomic mass is 32.1. The molecular weight excluding hydrogens is 593 g/mol. The molecule has 46 heavy (non-hydrogen) atoms. The van der Waals surface area contributed by atoms with E-state index in [1.165, 1.54) is 165 Å². The summed E-state index contributed by atoms with van der Waals surface area (Å²) < 4.78 is 5.81. The Bertz CT molecular complexity index is 1720. The van der Waals surface area contributed by atoms with Crippen molar-refractivity contribution in [2.24, 2.45) is 11.8 Å². The van der Waals surface area contributed by atoms with E-state index in [-0.39, 0.29) is 0 Å². The summed E-state index contributed by atoms with van der Waals surface area (Å²) in [6, 6.07) is 24.2. The second-order valence-electron chi connectivity index (χ2n) is 14.2. The maximum Gasteiger partial charge on any atom is 0.0434 e. The molecule has 2 heterocycles. The third kappa shape index (κ3) is 7.50. The average Bonchev–Trinajstić information content (AvgIpc) is 3.63. The van der Waals surface area contributed by atoms with Gasteiger partial charge in [0.2, 0.25) is 0 Å². The molecule has 0 aliphatic rings. The van der Waals surface area contributed by atoms with Crippen molar-refractivity contribution in [1.29, 1.82) is 0 Å². The van der Waals surface area contributed by atoms with Crippen LogP contribution in [0.25, 0.3) is 51.1 Å². The molecule has 0 amide bonds. The van der Waals surface area contributed by atoms with E-state index < -0.39 is 0 Å². The van der Waals surface area contributed by atoms with Crippen molar-refractivity contribution in [1.82, 2.24) is 0 Å². The minimum absolute atomic E-state index is 0.937. The van der Waals surface area contributed by atoms with E-state index in [0.717, 1.165) is 11.8 Å². The van der Waals surface area contributed by atoms with Gasteiger partial charge in [0.15, 0.2) is 0 Å². The molecular formula is C44H56S2. The Balaban J connectivity index is 1.19. The maximum absolute atomic E-state index is 2.49. The number of fused-ring (bicyclic) bond motifs is 9. The van der Waals surface area contributed by atoms with Gasteiger partial charge in [-0.25, -0.2) is 0 Å². The largest absolute Gasteiger partial charge is 0.135 e. The molecule has 2 heteroatoms. The van der Waals surface area contributed by atoms with Crippen LogP contribution in [0.4, 0.5) is 0 Å². The van der Waals surface area contributed by atoms with E-state index in [1.807, 2.05) is 22.7 Å². The molecule has 0 atom stereocenters. The lowest BCUT2D eigenvalue weighted by atomic mass is 9.92. The lowest BCUT2D eigenvalue weighted by molar-refractivity contribution is 0.395. The van der Waals surface area contributed by atoms with E-state index >= 15 is 0 Å².